The molecule has 0 amide bonds. The normalized spacial score (nSPS) is 17.5. The van der Waals surface area contributed by atoms with Gasteiger partial charge in [-0.2, -0.15) is 13.1 Å². The summed E-state index contributed by atoms with van der Waals surface area (Å²) in [5, 5.41) is 0. The summed E-state index contributed by atoms with van der Waals surface area (Å²) in [6, 6.07) is 8.95. The van der Waals surface area contributed by atoms with Crippen LogP contribution in [0.2, 0.25) is 0 Å². The van der Waals surface area contributed by atoms with Crippen LogP contribution >= 0.6 is 0 Å². The first-order valence-corrected chi connectivity index (χ1v) is 11.1. The summed E-state index contributed by atoms with van der Waals surface area (Å²) < 4.78 is 82.9. The maximum atomic E-state index is 14.0. The van der Waals surface area contributed by atoms with Crippen LogP contribution in [-0.2, 0) is 10.0 Å². The highest BCUT2D eigenvalue weighted by Gasteiger charge is 2.35. The van der Waals surface area contributed by atoms with E-state index < -0.39 is 39.1 Å². The summed E-state index contributed by atoms with van der Waals surface area (Å²) in [5.74, 6) is -2.13. The van der Waals surface area contributed by atoms with Crippen LogP contribution in [0, 0.1) is 11.6 Å². The lowest BCUT2D eigenvalue weighted by atomic mass is 10.2. The van der Waals surface area contributed by atoms with Crippen molar-refractivity contribution >= 4 is 21.1 Å². The summed E-state index contributed by atoms with van der Waals surface area (Å²) in [7, 11) is -4.36. The van der Waals surface area contributed by atoms with Crippen molar-refractivity contribution in [1.82, 2.24) is 18.8 Å². The van der Waals surface area contributed by atoms with E-state index in [0.29, 0.717) is 11.0 Å². The SMILES string of the molecule is C[C@@H](c1nc2ccccc2n1C(F)F)N1CCN(S(=O)(=O)c2c(F)cccc2F)CC1. The molecule has 2 heterocycles. The largest absolute Gasteiger partial charge is 0.320 e. The lowest BCUT2D eigenvalue weighted by Gasteiger charge is -2.37. The molecule has 31 heavy (non-hydrogen) atoms. The number of sulfonamides is 1. The second-order valence-corrected chi connectivity index (χ2v) is 9.15. The third-order valence-electron chi connectivity index (χ3n) is 5.53. The highest BCUT2D eigenvalue weighted by Crippen LogP contribution is 2.31. The molecule has 0 spiro atoms. The number of nitrogens with zero attached hydrogens (tertiary/aromatic N) is 4. The quantitative estimate of drug-likeness (QED) is 0.549. The Hall–Kier alpha value is -2.50. The number of piperazine rings is 1. The molecule has 1 aliphatic rings. The van der Waals surface area contributed by atoms with Gasteiger partial charge in [0, 0.05) is 26.2 Å². The molecule has 1 saturated heterocycles. The molecule has 1 atom stereocenters. The number of benzene rings is 2. The fraction of sp³-hybridized carbons (Fsp3) is 0.350. The summed E-state index contributed by atoms with van der Waals surface area (Å²) in [6.45, 7) is -0.729. The number of para-hydroxylation sites is 2. The summed E-state index contributed by atoms with van der Waals surface area (Å²) in [5.41, 5.74) is 0.761. The first kappa shape index (κ1) is 21.7. The molecule has 0 bridgehead atoms. The van der Waals surface area contributed by atoms with Crippen LogP contribution in [-0.4, -0.2) is 53.4 Å². The first-order chi connectivity index (χ1) is 14.7. The number of aromatic nitrogens is 2. The van der Waals surface area contributed by atoms with Crippen molar-refractivity contribution in [3.63, 3.8) is 0 Å². The highest BCUT2D eigenvalue weighted by molar-refractivity contribution is 7.89. The molecule has 4 rings (SSSR count). The fourth-order valence-corrected chi connectivity index (χ4v) is 5.45. The zero-order chi connectivity index (χ0) is 22.3. The summed E-state index contributed by atoms with van der Waals surface area (Å²) in [6.07, 6.45) is 0. The predicted octanol–water partition coefficient (Wildman–Crippen LogP) is 3.78. The molecule has 0 radical (unpaired) electrons. The van der Waals surface area contributed by atoms with Crippen LogP contribution in [0.4, 0.5) is 17.6 Å². The molecule has 1 fully saturated rings. The summed E-state index contributed by atoms with van der Waals surface area (Å²) >= 11 is 0. The van der Waals surface area contributed by atoms with Crippen molar-refractivity contribution in [3.05, 3.63) is 59.9 Å². The fourth-order valence-electron chi connectivity index (χ4n) is 3.92. The lowest BCUT2D eigenvalue weighted by Crippen LogP contribution is -2.49. The van der Waals surface area contributed by atoms with E-state index >= 15 is 0 Å². The van der Waals surface area contributed by atoms with Gasteiger partial charge in [0.2, 0.25) is 10.0 Å². The molecule has 0 N–H and O–H groups in total. The predicted molar refractivity (Wildman–Crippen MR) is 106 cm³/mol. The van der Waals surface area contributed by atoms with E-state index in [9.17, 15) is 26.0 Å². The monoisotopic (exact) mass is 456 g/mol. The second-order valence-electron chi connectivity index (χ2n) is 7.27. The molecule has 1 aromatic heterocycles. The Labute approximate surface area is 176 Å². The third kappa shape index (κ3) is 3.81. The van der Waals surface area contributed by atoms with Gasteiger partial charge >= 0.3 is 6.55 Å². The average molecular weight is 456 g/mol. The van der Waals surface area contributed by atoms with Gasteiger partial charge < -0.3 is 0 Å². The van der Waals surface area contributed by atoms with Crippen molar-refractivity contribution in [2.45, 2.75) is 24.4 Å². The van der Waals surface area contributed by atoms with Gasteiger partial charge in [-0.25, -0.2) is 22.2 Å². The van der Waals surface area contributed by atoms with Crippen LogP contribution in [0.15, 0.2) is 47.4 Å². The standard InChI is InChI=1S/C20H20F4N4O2S/c1-13(19-25-16-7-2-3-8-17(16)28(19)20(23)24)26-9-11-27(12-10-26)31(29,30)18-14(21)5-4-6-15(18)22/h2-8,13,20H,9-12H2,1H3/t13-/m0/s1. The van der Waals surface area contributed by atoms with E-state index in [1.165, 1.54) is 0 Å². The van der Waals surface area contributed by atoms with Crippen molar-refractivity contribution < 1.29 is 26.0 Å². The van der Waals surface area contributed by atoms with Crippen LogP contribution in [0.3, 0.4) is 0 Å². The number of hydrogen-bond acceptors (Lipinski definition) is 4. The lowest BCUT2D eigenvalue weighted by molar-refractivity contribution is 0.0615. The Morgan fingerprint density at radius 3 is 2.16 bits per heavy atom. The maximum absolute atomic E-state index is 14.0. The molecule has 0 unspecified atom stereocenters. The van der Waals surface area contributed by atoms with Crippen molar-refractivity contribution in [2.75, 3.05) is 26.2 Å². The number of hydrogen-bond donors (Lipinski definition) is 0. The second kappa shape index (κ2) is 8.21. The smallest absolute Gasteiger partial charge is 0.291 e. The maximum Gasteiger partial charge on any atom is 0.320 e. The molecule has 3 aromatic rings. The van der Waals surface area contributed by atoms with Gasteiger partial charge in [-0.1, -0.05) is 18.2 Å². The molecular formula is C20H20F4N4O2S. The minimum Gasteiger partial charge on any atom is -0.291 e. The number of halogens is 4. The van der Waals surface area contributed by atoms with Crippen LogP contribution in [0.1, 0.15) is 25.3 Å². The highest BCUT2D eigenvalue weighted by atomic mass is 32.2. The number of imidazole rings is 1. The van der Waals surface area contributed by atoms with Crippen LogP contribution in [0.5, 0.6) is 0 Å². The van der Waals surface area contributed by atoms with E-state index in [2.05, 4.69) is 4.98 Å². The van der Waals surface area contributed by atoms with E-state index in [4.69, 9.17) is 0 Å². The van der Waals surface area contributed by atoms with Gasteiger partial charge in [-0.3, -0.25) is 9.47 Å². The Bertz CT molecular complexity index is 1190. The Morgan fingerprint density at radius 1 is 0.935 bits per heavy atom. The Kier molecular flexibility index (Phi) is 5.75. The van der Waals surface area contributed by atoms with E-state index in [1.54, 1.807) is 31.2 Å². The van der Waals surface area contributed by atoms with Gasteiger partial charge in [-0.05, 0) is 31.2 Å². The number of alkyl halides is 2. The molecule has 2 aromatic carbocycles. The van der Waals surface area contributed by atoms with Gasteiger partial charge in [-0.15, -0.1) is 0 Å². The molecule has 166 valence electrons. The van der Waals surface area contributed by atoms with Crippen LogP contribution < -0.4 is 0 Å². The van der Waals surface area contributed by atoms with E-state index in [1.807, 2.05) is 4.90 Å². The molecule has 0 saturated carbocycles. The topological polar surface area (TPSA) is 58.4 Å². The minimum absolute atomic E-state index is 0.0324. The number of rotatable bonds is 5. The van der Waals surface area contributed by atoms with Crippen molar-refractivity contribution in [1.29, 1.82) is 0 Å². The van der Waals surface area contributed by atoms with Crippen LogP contribution in [0.25, 0.3) is 11.0 Å². The van der Waals surface area contributed by atoms with Gasteiger partial charge in [0.1, 0.15) is 17.5 Å². The van der Waals surface area contributed by atoms with Crippen molar-refractivity contribution in [2.24, 2.45) is 0 Å². The van der Waals surface area contributed by atoms with E-state index in [-0.39, 0.29) is 32.0 Å². The molecule has 11 heteroatoms. The first-order valence-electron chi connectivity index (χ1n) is 9.65. The van der Waals surface area contributed by atoms with Gasteiger partial charge in [0.25, 0.3) is 0 Å². The zero-order valence-electron chi connectivity index (χ0n) is 16.6. The minimum atomic E-state index is -4.36. The van der Waals surface area contributed by atoms with E-state index in [0.717, 1.165) is 27.1 Å². The summed E-state index contributed by atoms with van der Waals surface area (Å²) in [4.78, 5) is 5.21. The molecule has 0 aliphatic carbocycles. The molecular weight excluding hydrogens is 436 g/mol. The van der Waals surface area contributed by atoms with Crippen molar-refractivity contribution in [3.8, 4) is 0 Å². The van der Waals surface area contributed by atoms with Gasteiger partial charge in [0.15, 0.2) is 4.90 Å². The average Bonchev–Trinajstić information content (AvgIpc) is 3.13. The zero-order valence-corrected chi connectivity index (χ0v) is 17.4. The van der Waals surface area contributed by atoms with Gasteiger partial charge in [0.05, 0.1) is 17.1 Å². The third-order valence-corrected chi connectivity index (χ3v) is 7.48. The molecule has 6 nitrogen and oxygen atoms in total. The Morgan fingerprint density at radius 2 is 1.55 bits per heavy atom. The Balaban J connectivity index is 1.56. The number of fused-ring (bicyclic) bond motifs is 1. The molecule has 1 aliphatic heterocycles.